The van der Waals surface area contributed by atoms with Gasteiger partial charge >= 0.3 is 5.97 Å². The molecule has 0 unspecified atom stereocenters. The second-order valence-electron chi connectivity index (χ2n) is 5.82. The van der Waals surface area contributed by atoms with Crippen LogP contribution in [0, 0.1) is 5.82 Å². The summed E-state index contributed by atoms with van der Waals surface area (Å²) in [6.45, 7) is -1.26. The summed E-state index contributed by atoms with van der Waals surface area (Å²) in [5, 5.41) is 4.26. The number of fused-ring (bicyclic) bond motifs is 1. The summed E-state index contributed by atoms with van der Waals surface area (Å²) in [6.07, 6.45) is 0. The Kier molecular flexibility index (Phi) is 5.25. The highest BCUT2D eigenvalue weighted by Gasteiger charge is 2.17. The first-order valence-corrected chi connectivity index (χ1v) is 8.11. The standard InChI is InChI=1S/C19H14FN3O5/c20-12-5-3-4-11(8-12)15(24)10-28-16(25)9-23-19(27)14-7-2-1-6-13(14)17(22-23)18(21)26/h1-8H,9-10H2,(H2,21,26). The maximum Gasteiger partial charge on any atom is 0.328 e. The van der Waals surface area contributed by atoms with Gasteiger partial charge in [0, 0.05) is 10.9 Å². The maximum absolute atomic E-state index is 13.1. The fourth-order valence-corrected chi connectivity index (χ4v) is 2.58. The molecule has 1 aromatic heterocycles. The summed E-state index contributed by atoms with van der Waals surface area (Å²) in [7, 11) is 0. The molecule has 0 bridgehead atoms. The quantitative estimate of drug-likeness (QED) is 0.502. The summed E-state index contributed by atoms with van der Waals surface area (Å²) in [5.41, 5.74) is 4.56. The van der Waals surface area contributed by atoms with Crippen LogP contribution in [0.4, 0.5) is 4.39 Å². The number of ketones is 1. The highest BCUT2D eigenvalue weighted by molar-refractivity contribution is 6.04. The lowest BCUT2D eigenvalue weighted by Crippen LogP contribution is -2.31. The smallest absolute Gasteiger partial charge is 0.328 e. The van der Waals surface area contributed by atoms with E-state index in [2.05, 4.69) is 5.10 Å². The van der Waals surface area contributed by atoms with E-state index >= 15 is 0 Å². The van der Waals surface area contributed by atoms with E-state index in [9.17, 15) is 23.6 Å². The fraction of sp³-hybridized carbons (Fsp3) is 0.105. The largest absolute Gasteiger partial charge is 0.456 e. The molecule has 142 valence electrons. The Balaban J connectivity index is 1.78. The van der Waals surface area contributed by atoms with E-state index in [0.717, 1.165) is 10.7 Å². The summed E-state index contributed by atoms with van der Waals surface area (Å²) in [6, 6.07) is 11.1. The minimum absolute atomic E-state index is 0.0461. The lowest BCUT2D eigenvalue weighted by Gasteiger charge is -2.09. The van der Waals surface area contributed by atoms with Gasteiger partial charge in [-0.3, -0.25) is 19.2 Å². The minimum atomic E-state index is -0.926. The van der Waals surface area contributed by atoms with Gasteiger partial charge in [0.1, 0.15) is 12.4 Å². The molecule has 3 aromatic rings. The molecule has 0 saturated heterocycles. The van der Waals surface area contributed by atoms with Gasteiger partial charge in [-0.25, -0.2) is 9.07 Å². The summed E-state index contributed by atoms with van der Waals surface area (Å²) < 4.78 is 18.7. The number of primary amides is 1. The normalized spacial score (nSPS) is 10.6. The number of halogens is 1. The Morgan fingerprint density at radius 1 is 1.07 bits per heavy atom. The van der Waals surface area contributed by atoms with Crippen LogP contribution < -0.4 is 11.3 Å². The first-order valence-electron chi connectivity index (χ1n) is 8.11. The number of ether oxygens (including phenoxy) is 1. The SMILES string of the molecule is NC(=O)c1nn(CC(=O)OCC(=O)c2cccc(F)c2)c(=O)c2ccccc12. The van der Waals surface area contributed by atoms with Gasteiger partial charge in [0.25, 0.3) is 11.5 Å². The number of hydrogen-bond donors (Lipinski definition) is 1. The number of nitrogens with zero attached hydrogens (tertiary/aromatic N) is 2. The van der Waals surface area contributed by atoms with Crippen LogP contribution >= 0.6 is 0 Å². The highest BCUT2D eigenvalue weighted by atomic mass is 19.1. The van der Waals surface area contributed by atoms with Gasteiger partial charge < -0.3 is 10.5 Å². The molecule has 2 aromatic carbocycles. The number of amides is 1. The molecule has 3 rings (SSSR count). The van der Waals surface area contributed by atoms with Crippen molar-refractivity contribution in [3.05, 3.63) is 76.0 Å². The van der Waals surface area contributed by atoms with Crippen molar-refractivity contribution in [1.82, 2.24) is 9.78 Å². The topological polar surface area (TPSA) is 121 Å². The third-order valence-electron chi connectivity index (χ3n) is 3.89. The number of aromatic nitrogens is 2. The number of nitrogens with two attached hydrogens (primary N) is 1. The predicted molar refractivity (Wildman–Crippen MR) is 96.2 cm³/mol. The van der Waals surface area contributed by atoms with Gasteiger partial charge in [-0.15, -0.1) is 0 Å². The van der Waals surface area contributed by atoms with Gasteiger partial charge in [0.15, 0.2) is 18.1 Å². The molecule has 0 atom stereocenters. The molecule has 1 heterocycles. The molecule has 0 radical (unpaired) electrons. The third-order valence-corrected chi connectivity index (χ3v) is 3.89. The van der Waals surface area contributed by atoms with Crippen molar-refractivity contribution >= 4 is 28.4 Å². The van der Waals surface area contributed by atoms with Crippen molar-refractivity contribution in [2.75, 3.05) is 6.61 Å². The van der Waals surface area contributed by atoms with Crippen molar-refractivity contribution in [2.45, 2.75) is 6.54 Å². The number of Topliss-reactive ketones (excluding diaryl/α,β-unsaturated/α-hetero) is 1. The molecule has 0 aliphatic heterocycles. The van der Waals surface area contributed by atoms with Crippen LogP contribution in [-0.2, 0) is 16.1 Å². The number of carbonyl (C=O) groups is 3. The van der Waals surface area contributed by atoms with Crippen LogP contribution in [0.1, 0.15) is 20.8 Å². The average Bonchev–Trinajstić information content (AvgIpc) is 2.68. The van der Waals surface area contributed by atoms with Crippen LogP contribution in [0.2, 0.25) is 0 Å². The maximum atomic E-state index is 13.1. The van der Waals surface area contributed by atoms with Crippen molar-refractivity contribution in [1.29, 1.82) is 0 Å². The number of esters is 1. The Hall–Kier alpha value is -3.88. The molecular formula is C19H14FN3O5. The zero-order chi connectivity index (χ0) is 20.3. The zero-order valence-electron chi connectivity index (χ0n) is 14.4. The zero-order valence-corrected chi connectivity index (χ0v) is 14.4. The average molecular weight is 383 g/mol. The molecule has 0 saturated carbocycles. The van der Waals surface area contributed by atoms with Crippen LogP contribution in [0.25, 0.3) is 10.8 Å². The van der Waals surface area contributed by atoms with E-state index < -0.39 is 42.2 Å². The van der Waals surface area contributed by atoms with Crippen LogP contribution in [0.3, 0.4) is 0 Å². The van der Waals surface area contributed by atoms with E-state index in [1.165, 1.54) is 30.3 Å². The van der Waals surface area contributed by atoms with E-state index in [1.807, 2.05) is 0 Å². The molecule has 2 N–H and O–H groups in total. The highest BCUT2D eigenvalue weighted by Crippen LogP contribution is 2.12. The Labute approximate surface area is 157 Å². The molecule has 0 aliphatic carbocycles. The van der Waals surface area contributed by atoms with E-state index in [0.29, 0.717) is 0 Å². The van der Waals surface area contributed by atoms with Gasteiger partial charge in [-0.05, 0) is 18.2 Å². The van der Waals surface area contributed by atoms with E-state index in [4.69, 9.17) is 10.5 Å². The molecule has 9 heteroatoms. The summed E-state index contributed by atoms with van der Waals surface area (Å²) in [4.78, 5) is 48.1. The van der Waals surface area contributed by atoms with Crippen LogP contribution in [0.15, 0.2) is 53.3 Å². The Bertz CT molecular complexity index is 1160. The van der Waals surface area contributed by atoms with Crippen LogP contribution in [-0.4, -0.2) is 34.0 Å². The second kappa shape index (κ2) is 7.78. The van der Waals surface area contributed by atoms with E-state index in [-0.39, 0.29) is 22.0 Å². The van der Waals surface area contributed by atoms with Crippen molar-refractivity contribution in [3.8, 4) is 0 Å². The molecule has 28 heavy (non-hydrogen) atoms. The summed E-state index contributed by atoms with van der Waals surface area (Å²) >= 11 is 0. The number of benzene rings is 2. The molecule has 1 amide bonds. The molecular weight excluding hydrogens is 369 g/mol. The number of hydrogen-bond acceptors (Lipinski definition) is 6. The first kappa shape index (κ1) is 18.9. The van der Waals surface area contributed by atoms with E-state index in [1.54, 1.807) is 12.1 Å². The molecule has 8 nitrogen and oxygen atoms in total. The Morgan fingerprint density at radius 3 is 2.46 bits per heavy atom. The van der Waals surface area contributed by atoms with Crippen molar-refractivity contribution < 1.29 is 23.5 Å². The van der Waals surface area contributed by atoms with Crippen molar-refractivity contribution in [2.24, 2.45) is 5.73 Å². The van der Waals surface area contributed by atoms with Crippen LogP contribution in [0.5, 0.6) is 0 Å². The monoisotopic (exact) mass is 383 g/mol. The fourth-order valence-electron chi connectivity index (χ4n) is 2.58. The van der Waals surface area contributed by atoms with Gasteiger partial charge in [-0.1, -0.05) is 30.3 Å². The predicted octanol–water partition coefficient (Wildman–Crippen LogP) is 1.06. The minimum Gasteiger partial charge on any atom is -0.456 e. The van der Waals surface area contributed by atoms with Gasteiger partial charge in [-0.2, -0.15) is 5.10 Å². The lowest BCUT2D eigenvalue weighted by atomic mass is 10.1. The first-order chi connectivity index (χ1) is 13.4. The Morgan fingerprint density at radius 2 is 1.79 bits per heavy atom. The number of carbonyl (C=O) groups excluding carboxylic acids is 3. The summed E-state index contributed by atoms with van der Waals surface area (Å²) in [5.74, 6) is -2.99. The molecule has 0 spiro atoms. The molecule has 0 aliphatic rings. The third kappa shape index (κ3) is 3.93. The van der Waals surface area contributed by atoms with Gasteiger partial charge in [0.2, 0.25) is 0 Å². The van der Waals surface area contributed by atoms with Crippen molar-refractivity contribution in [3.63, 3.8) is 0 Å². The second-order valence-corrected chi connectivity index (χ2v) is 5.82. The molecule has 0 fully saturated rings. The lowest BCUT2D eigenvalue weighted by molar-refractivity contribution is -0.143. The van der Waals surface area contributed by atoms with Gasteiger partial charge in [0.05, 0.1) is 5.39 Å². The number of rotatable bonds is 6.